The van der Waals surface area contributed by atoms with Crippen molar-refractivity contribution in [2.45, 2.75) is 45.1 Å². The summed E-state index contributed by atoms with van der Waals surface area (Å²) in [5, 5.41) is 3.64. The van der Waals surface area contributed by atoms with Gasteiger partial charge < -0.3 is 5.32 Å². The molecule has 3 heteroatoms. The van der Waals surface area contributed by atoms with Gasteiger partial charge in [-0.3, -0.25) is 4.98 Å². The van der Waals surface area contributed by atoms with Crippen LogP contribution in [-0.4, -0.2) is 17.6 Å². The molecule has 0 bridgehead atoms. The van der Waals surface area contributed by atoms with Gasteiger partial charge in [-0.05, 0) is 65.7 Å². The number of pyridine rings is 1. The molecule has 0 amide bonds. The molecular formula is C14H21BrN2. The van der Waals surface area contributed by atoms with E-state index in [1.807, 2.05) is 12.4 Å². The Morgan fingerprint density at radius 3 is 2.94 bits per heavy atom. The van der Waals surface area contributed by atoms with Gasteiger partial charge in [0.1, 0.15) is 0 Å². The number of rotatable bonds is 7. The standard InChI is InChI=1S/C14H21BrN2/c1-2-3-11(9-17-14-4-5-14)6-12-7-13(15)10-16-8-12/h7-8,10-11,14,17H,2-6,9H2,1H3. The maximum absolute atomic E-state index is 4.24. The summed E-state index contributed by atoms with van der Waals surface area (Å²) in [6.07, 6.45) is 10.3. The molecule has 0 aliphatic heterocycles. The first-order valence-electron chi connectivity index (χ1n) is 6.60. The lowest BCUT2D eigenvalue weighted by atomic mass is 9.96. The fourth-order valence-electron chi connectivity index (χ4n) is 2.21. The van der Waals surface area contributed by atoms with E-state index in [0.717, 1.165) is 29.4 Å². The Morgan fingerprint density at radius 1 is 1.47 bits per heavy atom. The van der Waals surface area contributed by atoms with Gasteiger partial charge in [0.2, 0.25) is 0 Å². The molecule has 0 spiro atoms. The molecule has 1 aliphatic carbocycles. The third-order valence-corrected chi connectivity index (χ3v) is 3.69. The van der Waals surface area contributed by atoms with Gasteiger partial charge in [0, 0.05) is 22.9 Å². The SMILES string of the molecule is CCCC(CNC1CC1)Cc1cncc(Br)c1. The monoisotopic (exact) mass is 296 g/mol. The highest BCUT2D eigenvalue weighted by atomic mass is 79.9. The van der Waals surface area contributed by atoms with Crippen molar-refractivity contribution in [2.75, 3.05) is 6.54 Å². The number of nitrogens with one attached hydrogen (secondary N) is 1. The average Bonchev–Trinajstić information content (AvgIpc) is 3.10. The first-order valence-corrected chi connectivity index (χ1v) is 7.40. The normalized spacial score (nSPS) is 17.1. The molecule has 0 saturated heterocycles. The van der Waals surface area contributed by atoms with Gasteiger partial charge in [-0.15, -0.1) is 0 Å². The highest BCUT2D eigenvalue weighted by molar-refractivity contribution is 9.10. The molecule has 1 aromatic rings. The summed E-state index contributed by atoms with van der Waals surface area (Å²) in [6.45, 7) is 3.42. The zero-order valence-electron chi connectivity index (χ0n) is 10.5. The number of halogens is 1. The Balaban J connectivity index is 1.86. The van der Waals surface area contributed by atoms with Crippen molar-refractivity contribution in [2.24, 2.45) is 5.92 Å². The van der Waals surface area contributed by atoms with E-state index in [4.69, 9.17) is 0 Å². The summed E-state index contributed by atoms with van der Waals surface area (Å²) in [6, 6.07) is 3.00. The van der Waals surface area contributed by atoms with Gasteiger partial charge in [-0.1, -0.05) is 13.3 Å². The molecule has 1 saturated carbocycles. The van der Waals surface area contributed by atoms with Crippen LogP contribution in [0.5, 0.6) is 0 Å². The molecule has 1 heterocycles. The topological polar surface area (TPSA) is 24.9 Å². The zero-order chi connectivity index (χ0) is 12.1. The first kappa shape index (κ1) is 13.0. The summed E-state index contributed by atoms with van der Waals surface area (Å²) in [4.78, 5) is 4.24. The van der Waals surface area contributed by atoms with Crippen molar-refractivity contribution >= 4 is 15.9 Å². The van der Waals surface area contributed by atoms with E-state index in [0.29, 0.717) is 0 Å². The number of hydrogen-bond acceptors (Lipinski definition) is 2. The van der Waals surface area contributed by atoms with Crippen LogP contribution in [-0.2, 0) is 6.42 Å². The summed E-state index contributed by atoms with van der Waals surface area (Å²) in [7, 11) is 0. The third-order valence-electron chi connectivity index (χ3n) is 3.26. The molecule has 2 rings (SSSR count). The first-order chi connectivity index (χ1) is 8.28. The fourth-order valence-corrected chi connectivity index (χ4v) is 2.62. The molecule has 1 aromatic heterocycles. The maximum Gasteiger partial charge on any atom is 0.0410 e. The van der Waals surface area contributed by atoms with Crippen LogP contribution in [0.3, 0.4) is 0 Å². The van der Waals surface area contributed by atoms with E-state index in [-0.39, 0.29) is 0 Å². The second kappa shape index (κ2) is 6.50. The Kier molecular flexibility index (Phi) is 4.99. The summed E-state index contributed by atoms with van der Waals surface area (Å²) < 4.78 is 1.08. The van der Waals surface area contributed by atoms with Crippen molar-refractivity contribution in [3.63, 3.8) is 0 Å². The average molecular weight is 297 g/mol. The molecular weight excluding hydrogens is 276 g/mol. The summed E-state index contributed by atoms with van der Waals surface area (Å²) >= 11 is 3.49. The summed E-state index contributed by atoms with van der Waals surface area (Å²) in [5.41, 5.74) is 1.34. The molecule has 2 nitrogen and oxygen atoms in total. The molecule has 17 heavy (non-hydrogen) atoms. The van der Waals surface area contributed by atoms with Crippen LogP contribution in [0.4, 0.5) is 0 Å². The lowest BCUT2D eigenvalue weighted by Crippen LogP contribution is -2.26. The zero-order valence-corrected chi connectivity index (χ0v) is 12.0. The van der Waals surface area contributed by atoms with E-state index < -0.39 is 0 Å². The van der Waals surface area contributed by atoms with E-state index >= 15 is 0 Å². The van der Waals surface area contributed by atoms with Gasteiger partial charge in [-0.2, -0.15) is 0 Å². The molecule has 1 N–H and O–H groups in total. The van der Waals surface area contributed by atoms with Crippen molar-refractivity contribution in [1.82, 2.24) is 10.3 Å². The van der Waals surface area contributed by atoms with E-state index in [2.05, 4.69) is 39.2 Å². The smallest absolute Gasteiger partial charge is 0.0410 e. The Hall–Kier alpha value is -0.410. The van der Waals surface area contributed by atoms with E-state index in [9.17, 15) is 0 Å². The molecule has 1 aliphatic rings. The highest BCUT2D eigenvalue weighted by Crippen LogP contribution is 2.21. The van der Waals surface area contributed by atoms with Crippen LogP contribution in [0.25, 0.3) is 0 Å². The fraction of sp³-hybridized carbons (Fsp3) is 0.643. The maximum atomic E-state index is 4.24. The number of nitrogens with zero attached hydrogens (tertiary/aromatic N) is 1. The van der Waals surface area contributed by atoms with Crippen LogP contribution >= 0.6 is 15.9 Å². The van der Waals surface area contributed by atoms with Crippen molar-refractivity contribution in [3.05, 3.63) is 28.5 Å². The molecule has 1 unspecified atom stereocenters. The Bertz CT molecular complexity index is 350. The van der Waals surface area contributed by atoms with Crippen LogP contribution in [0, 0.1) is 5.92 Å². The van der Waals surface area contributed by atoms with Crippen molar-refractivity contribution < 1.29 is 0 Å². The lowest BCUT2D eigenvalue weighted by Gasteiger charge is -2.16. The van der Waals surface area contributed by atoms with E-state index in [1.165, 1.54) is 31.2 Å². The quantitative estimate of drug-likeness (QED) is 0.832. The van der Waals surface area contributed by atoms with Crippen LogP contribution in [0.2, 0.25) is 0 Å². The van der Waals surface area contributed by atoms with Crippen molar-refractivity contribution in [3.8, 4) is 0 Å². The van der Waals surface area contributed by atoms with Crippen LogP contribution in [0.1, 0.15) is 38.2 Å². The largest absolute Gasteiger partial charge is 0.314 e. The second-order valence-corrected chi connectivity index (χ2v) is 5.97. The highest BCUT2D eigenvalue weighted by Gasteiger charge is 2.21. The minimum atomic E-state index is 0.747. The van der Waals surface area contributed by atoms with Gasteiger partial charge in [0.25, 0.3) is 0 Å². The third kappa shape index (κ3) is 4.76. The van der Waals surface area contributed by atoms with Crippen molar-refractivity contribution in [1.29, 1.82) is 0 Å². The number of aromatic nitrogens is 1. The van der Waals surface area contributed by atoms with Gasteiger partial charge in [-0.25, -0.2) is 0 Å². The predicted octanol–water partition coefficient (Wildman–Crippen LogP) is 3.55. The van der Waals surface area contributed by atoms with Crippen LogP contribution in [0.15, 0.2) is 22.9 Å². The number of hydrogen-bond donors (Lipinski definition) is 1. The molecule has 1 atom stereocenters. The minimum Gasteiger partial charge on any atom is -0.314 e. The Morgan fingerprint density at radius 2 is 2.29 bits per heavy atom. The summed E-state index contributed by atoms with van der Waals surface area (Å²) in [5.74, 6) is 0.747. The van der Waals surface area contributed by atoms with E-state index in [1.54, 1.807) is 0 Å². The van der Waals surface area contributed by atoms with Gasteiger partial charge >= 0.3 is 0 Å². The van der Waals surface area contributed by atoms with Crippen LogP contribution < -0.4 is 5.32 Å². The van der Waals surface area contributed by atoms with Gasteiger partial charge in [0.15, 0.2) is 0 Å². The molecule has 0 aromatic carbocycles. The molecule has 94 valence electrons. The lowest BCUT2D eigenvalue weighted by molar-refractivity contribution is 0.437. The predicted molar refractivity (Wildman–Crippen MR) is 75.1 cm³/mol. The van der Waals surface area contributed by atoms with Gasteiger partial charge in [0.05, 0.1) is 0 Å². The molecule has 1 fully saturated rings. The Labute approximate surface area is 112 Å². The second-order valence-electron chi connectivity index (χ2n) is 5.05. The molecule has 0 radical (unpaired) electrons. The minimum absolute atomic E-state index is 0.747.